The molecule has 1 aromatic rings. The van der Waals surface area contributed by atoms with E-state index in [4.69, 9.17) is 0 Å². The molecule has 0 aromatic carbocycles. The summed E-state index contributed by atoms with van der Waals surface area (Å²) in [5.41, 5.74) is 0.121. The fourth-order valence-corrected chi connectivity index (χ4v) is 3.82. The van der Waals surface area contributed by atoms with Crippen molar-refractivity contribution in [2.45, 2.75) is 19.3 Å². The van der Waals surface area contributed by atoms with E-state index in [1.165, 1.54) is 8.66 Å². The van der Waals surface area contributed by atoms with E-state index in [0.717, 1.165) is 32.4 Å². The quantitative estimate of drug-likeness (QED) is 0.896. The van der Waals surface area contributed by atoms with Gasteiger partial charge in [-0.25, -0.2) is 0 Å². The van der Waals surface area contributed by atoms with Crippen LogP contribution in [0.25, 0.3) is 0 Å². The second kappa shape index (κ2) is 4.95. The van der Waals surface area contributed by atoms with Crippen molar-refractivity contribution in [3.63, 3.8) is 0 Å². The van der Waals surface area contributed by atoms with Crippen LogP contribution in [0.1, 0.15) is 17.7 Å². The van der Waals surface area contributed by atoms with Crippen LogP contribution in [0.4, 0.5) is 0 Å². The Hall–Kier alpha value is 0.1000. The Morgan fingerprint density at radius 1 is 1.40 bits per heavy atom. The van der Waals surface area contributed by atoms with Crippen LogP contribution in [0, 0.1) is 5.41 Å². The van der Waals surface area contributed by atoms with Gasteiger partial charge in [0.15, 0.2) is 0 Å². The predicted molar refractivity (Wildman–Crippen MR) is 67.3 cm³/mol. The SMILES string of the molecule is OCC1(Cc2ccc(Br)s2)CCNCC1. The van der Waals surface area contributed by atoms with Crippen LogP contribution in [0.2, 0.25) is 0 Å². The second-order valence-corrected chi connectivity index (χ2v) is 6.84. The third-order valence-electron chi connectivity index (χ3n) is 3.18. The maximum absolute atomic E-state index is 9.57. The van der Waals surface area contributed by atoms with E-state index in [2.05, 4.69) is 33.4 Å². The number of aliphatic hydroxyl groups excluding tert-OH is 1. The topological polar surface area (TPSA) is 32.3 Å². The summed E-state index contributed by atoms with van der Waals surface area (Å²) >= 11 is 5.26. The molecule has 0 radical (unpaired) electrons. The zero-order chi connectivity index (χ0) is 10.7. The predicted octanol–water partition coefficient (Wildman–Crippen LogP) is 2.42. The highest BCUT2D eigenvalue weighted by Crippen LogP contribution is 2.35. The van der Waals surface area contributed by atoms with Gasteiger partial charge in [0.1, 0.15) is 0 Å². The van der Waals surface area contributed by atoms with E-state index in [-0.39, 0.29) is 5.41 Å². The maximum Gasteiger partial charge on any atom is 0.0701 e. The smallest absolute Gasteiger partial charge is 0.0701 e. The second-order valence-electron chi connectivity index (χ2n) is 4.29. The van der Waals surface area contributed by atoms with Gasteiger partial charge in [-0.3, -0.25) is 0 Å². The molecule has 2 rings (SSSR count). The van der Waals surface area contributed by atoms with E-state index < -0.39 is 0 Å². The van der Waals surface area contributed by atoms with Crippen molar-refractivity contribution in [1.82, 2.24) is 5.32 Å². The summed E-state index contributed by atoms with van der Waals surface area (Å²) in [7, 11) is 0. The minimum Gasteiger partial charge on any atom is -0.396 e. The van der Waals surface area contributed by atoms with E-state index in [0.29, 0.717) is 6.61 Å². The molecule has 0 saturated carbocycles. The van der Waals surface area contributed by atoms with Gasteiger partial charge < -0.3 is 10.4 Å². The average molecular weight is 290 g/mol. The molecule has 1 fully saturated rings. The standard InChI is InChI=1S/C11H16BrNOS/c12-10-2-1-9(15-10)7-11(8-14)3-5-13-6-4-11/h1-2,13-14H,3-8H2. The summed E-state index contributed by atoms with van der Waals surface area (Å²) in [6.45, 7) is 2.38. The molecular formula is C11H16BrNOS. The molecule has 0 atom stereocenters. The molecule has 84 valence electrons. The fourth-order valence-electron chi connectivity index (χ4n) is 2.16. The van der Waals surface area contributed by atoms with Gasteiger partial charge in [0, 0.05) is 16.9 Å². The third-order valence-corrected chi connectivity index (χ3v) is 4.80. The Morgan fingerprint density at radius 3 is 2.67 bits per heavy atom. The Balaban J connectivity index is 2.06. The van der Waals surface area contributed by atoms with E-state index in [9.17, 15) is 5.11 Å². The summed E-state index contributed by atoms with van der Waals surface area (Å²) in [5, 5.41) is 12.9. The Labute approximate surface area is 103 Å². The van der Waals surface area contributed by atoms with Crippen LogP contribution >= 0.6 is 27.3 Å². The van der Waals surface area contributed by atoms with Gasteiger partial charge in [0.05, 0.1) is 3.79 Å². The van der Waals surface area contributed by atoms with Crippen LogP contribution in [-0.2, 0) is 6.42 Å². The molecule has 15 heavy (non-hydrogen) atoms. The van der Waals surface area contributed by atoms with Gasteiger partial charge in [-0.05, 0) is 60.4 Å². The first-order valence-corrected chi connectivity index (χ1v) is 6.91. The Morgan fingerprint density at radius 2 is 2.13 bits per heavy atom. The molecule has 4 heteroatoms. The summed E-state index contributed by atoms with van der Waals surface area (Å²) in [5.74, 6) is 0. The number of rotatable bonds is 3. The fraction of sp³-hybridized carbons (Fsp3) is 0.636. The lowest BCUT2D eigenvalue weighted by atomic mass is 9.76. The van der Waals surface area contributed by atoms with Gasteiger partial charge >= 0.3 is 0 Å². The molecule has 1 aliphatic rings. The van der Waals surface area contributed by atoms with Gasteiger partial charge in [-0.2, -0.15) is 0 Å². The van der Waals surface area contributed by atoms with Crippen LogP contribution in [-0.4, -0.2) is 24.8 Å². The molecule has 1 aromatic heterocycles. The van der Waals surface area contributed by atoms with Crippen molar-refractivity contribution in [3.8, 4) is 0 Å². The number of thiophene rings is 1. The zero-order valence-corrected chi connectivity index (χ0v) is 11.0. The molecule has 2 heterocycles. The number of piperidine rings is 1. The van der Waals surface area contributed by atoms with Crippen LogP contribution in [0.15, 0.2) is 15.9 Å². The molecular weight excluding hydrogens is 274 g/mol. The highest BCUT2D eigenvalue weighted by atomic mass is 79.9. The number of hydrogen-bond donors (Lipinski definition) is 2. The van der Waals surface area contributed by atoms with E-state index in [1.54, 1.807) is 11.3 Å². The first-order chi connectivity index (χ1) is 7.24. The van der Waals surface area contributed by atoms with Crippen molar-refractivity contribution in [3.05, 3.63) is 20.8 Å². The van der Waals surface area contributed by atoms with Crippen molar-refractivity contribution in [2.24, 2.45) is 5.41 Å². The molecule has 0 spiro atoms. The van der Waals surface area contributed by atoms with Crippen LogP contribution in [0.3, 0.4) is 0 Å². The molecule has 0 bridgehead atoms. The van der Waals surface area contributed by atoms with Gasteiger partial charge in [0.25, 0.3) is 0 Å². The summed E-state index contributed by atoms with van der Waals surface area (Å²) < 4.78 is 1.18. The van der Waals surface area contributed by atoms with Crippen LogP contribution < -0.4 is 5.32 Å². The minimum atomic E-state index is 0.121. The average Bonchev–Trinajstić information content (AvgIpc) is 2.65. The van der Waals surface area contributed by atoms with E-state index >= 15 is 0 Å². The first kappa shape index (κ1) is 11.6. The molecule has 0 unspecified atom stereocenters. The first-order valence-electron chi connectivity index (χ1n) is 5.30. The van der Waals surface area contributed by atoms with Gasteiger partial charge in [-0.1, -0.05) is 0 Å². The zero-order valence-electron chi connectivity index (χ0n) is 8.63. The summed E-state index contributed by atoms with van der Waals surface area (Å²) in [6, 6.07) is 4.25. The van der Waals surface area contributed by atoms with Crippen molar-refractivity contribution < 1.29 is 5.11 Å². The Kier molecular flexibility index (Phi) is 3.83. The largest absolute Gasteiger partial charge is 0.396 e. The summed E-state index contributed by atoms with van der Waals surface area (Å²) in [4.78, 5) is 1.37. The lowest BCUT2D eigenvalue weighted by molar-refractivity contribution is 0.0901. The number of halogens is 1. The van der Waals surface area contributed by atoms with Crippen molar-refractivity contribution >= 4 is 27.3 Å². The van der Waals surface area contributed by atoms with Crippen molar-refractivity contribution in [1.29, 1.82) is 0 Å². The third kappa shape index (κ3) is 2.81. The van der Waals surface area contributed by atoms with Crippen LogP contribution in [0.5, 0.6) is 0 Å². The van der Waals surface area contributed by atoms with Crippen molar-refractivity contribution in [2.75, 3.05) is 19.7 Å². The molecule has 2 nitrogen and oxygen atoms in total. The lowest BCUT2D eigenvalue weighted by Crippen LogP contribution is -2.40. The molecule has 1 aliphatic heterocycles. The lowest BCUT2D eigenvalue weighted by Gasteiger charge is -2.35. The number of hydrogen-bond acceptors (Lipinski definition) is 3. The van der Waals surface area contributed by atoms with E-state index in [1.807, 2.05) is 0 Å². The van der Waals surface area contributed by atoms with Gasteiger partial charge in [-0.15, -0.1) is 11.3 Å². The molecule has 2 N–H and O–H groups in total. The normalized spacial score (nSPS) is 20.4. The molecule has 0 aliphatic carbocycles. The molecule has 0 amide bonds. The number of nitrogens with one attached hydrogen (secondary N) is 1. The van der Waals surface area contributed by atoms with Gasteiger partial charge in [0.2, 0.25) is 0 Å². The molecule has 1 saturated heterocycles. The summed E-state index contributed by atoms with van der Waals surface area (Å²) in [6.07, 6.45) is 3.18. The number of aliphatic hydroxyl groups is 1. The minimum absolute atomic E-state index is 0.121. The maximum atomic E-state index is 9.57. The highest BCUT2D eigenvalue weighted by Gasteiger charge is 2.31. The Bertz CT molecular complexity index is 320. The highest BCUT2D eigenvalue weighted by molar-refractivity contribution is 9.11. The monoisotopic (exact) mass is 289 g/mol.